The molecule has 1 N–H and O–H groups in total. The summed E-state index contributed by atoms with van der Waals surface area (Å²) in [4.78, 5) is 34.8. The van der Waals surface area contributed by atoms with Crippen molar-refractivity contribution in [2.75, 3.05) is 6.54 Å². The predicted octanol–water partition coefficient (Wildman–Crippen LogP) is 4.93. The quantitative estimate of drug-likeness (QED) is 0.527. The molecule has 0 aromatic carbocycles. The van der Waals surface area contributed by atoms with E-state index in [0.717, 1.165) is 19.1 Å². The van der Waals surface area contributed by atoms with Gasteiger partial charge in [0.2, 0.25) is 5.76 Å². The van der Waals surface area contributed by atoms with E-state index >= 15 is 0 Å². The molecule has 2 heterocycles. The normalized spacial score (nSPS) is 19.2. The lowest BCUT2D eigenvalue weighted by Gasteiger charge is -2.20. The van der Waals surface area contributed by atoms with Gasteiger partial charge in [0.05, 0.1) is 11.3 Å². The van der Waals surface area contributed by atoms with E-state index < -0.39 is 23.4 Å². The Kier molecular flexibility index (Phi) is 7.19. The number of aldehydes is 1. The number of furan rings is 1. The van der Waals surface area contributed by atoms with Gasteiger partial charge < -0.3 is 14.5 Å². The summed E-state index contributed by atoms with van der Waals surface area (Å²) in [6, 6.07) is 0. The largest absolute Gasteiger partial charge is 0.455 e. The number of aromatic nitrogens is 2. The molecule has 0 aliphatic heterocycles. The Morgan fingerprint density at radius 3 is 2.71 bits per heavy atom. The van der Waals surface area contributed by atoms with E-state index in [9.17, 15) is 27.6 Å². The Bertz CT molecular complexity index is 1110. The van der Waals surface area contributed by atoms with Gasteiger partial charge in [-0.05, 0) is 37.0 Å². The molecular weight excluding hydrogens is 463 g/mol. The fourth-order valence-electron chi connectivity index (χ4n) is 5.02. The number of carbonyl (C=O) groups excluding carboxylic acids is 3. The van der Waals surface area contributed by atoms with Crippen molar-refractivity contribution in [3.63, 3.8) is 0 Å². The minimum atomic E-state index is -4.81. The highest BCUT2D eigenvalue weighted by Gasteiger charge is 2.46. The van der Waals surface area contributed by atoms with Gasteiger partial charge in [-0.15, -0.1) is 0 Å². The molecule has 10 heteroatoms. The molecule has 2 atom stereocenters. The highest BCUT2D eigenvalue weighted by molar-refractivity contribution is 5.96. The number of carbonyl (C=O) groups is 3. The highest BCUT2D eigenvalue weighted by Crippen LogP contribution is 2.48. The summed E-state index contributed by atoms with van der Waals surface area (Å²) in [6.07, 6.45) is 1.39. The topological polar surface area (TPSA) is 94.2 Å². The number of nitrogens with zero attached hydrogens (tertiary/aromatic N) is 2. The Hall–Kier alpha value is -2.91. The minimum Gasteiger partial charge on any atom is -0.455 e. The molecule has 1 saturated carbocycles. The Balaban J connectivity index is 1.64. The maximum absolute atomic E-state index is 14.3. The van der Waals surface area contributed by atoms with Crippen molar-refractivity contribution in [1.82, 2.24) is 15.1 Å². The zero-order chi connectivity index (χ0) is 25.3. The standard InChI is InChI=1S/C25H30F3N3O4/c1-14(4-3-9-32)11-29-24(34)23-21(25(26,27)28)20-19(35-23)10-15(2)18-13-31(30-22(18)20)12-16-5-7-17(33)8-6-16/h9,13-16H,3-8,10-12H2,1-2H3,(H,29,34)/t14-,15+/m0/s1. The van der Waals surface area contributed by atoms with Crippen molar-refractivity contribution in [3.05, 3.63) is 28.8 Å². The van der Waals surface area contributed by atoms with Gasteiger partial charge in [-0.25, -0.2) is 0 Å². The fourth-order valence-corrected chi connectivity index (χ4v) is 5.02. The van der Waals surface area contributed by atoms with Crippen LogP contribution in [-0.4, -0.2) is 34.3 Å². The lowest BCUT2D eigenvalue weighted by Crippen LogP contribution is -2.29. The highest BCUT2D eigenvalue weighted by atomic mass is 19.4. The van der Waals surface area contributed by atoms with Gasteiger partial charge in [-0.3, -0.25) is 14.3 Å². The third kappa shape index (κ3) is 5.36. The van der Waals surface area contributed by atoms with E-state index in [1.54, 1.807) is 10.9 Å². The number of fused-ring (bicyclic) bond motifs is 3. The molecule has 1 amide bonds. The molecule has 0 unspecified atom stereocenters. The van der Waals surface area contributed by atoms with Gasteiger partial charge in [0, 0.05) is 50.5 Å². The van der Waals surface area contributed by atoms with Gasteiger partial charge >= 0.3 is 6.18 Å². The van der Waals surface area contributed by atoms with E-state index in [4.69, 9.17) is 4.42 Å². The predicted molar refractivity (Wildman–Crippen MR) is 121 cm³/mol. The van der Waals surface area contributed by atoms with Crippen molar-refractivity contribution in [2.45, 2.75) is 77.4 Å². The van der Waals surface area contributed by atoms with Crippen LogP contribution in [0.25, 0.3) is 11.3 Å². The zero-order valence-corrected chi connectivity index (χ0v) is 19.9. The van der Waals surface area contributed by atoms with Crippen molar-refractivity contribution in [2.24, 2.45) is 11.8 Å². The van der Waals surface area contributed by atoms with E-state index in [2.05, 4.69) is 10.4 Å². The van der Waals surface area contributed by atoms with Crippen LogP contribution in [0.15, 0.2) is 10.6 Å². The Morgan fingerprint density at radius 2 is 2.06 bits per heavy atom. The van der Waals surface area contributed by atoms with Crippen LogP contribution < -0.4 is 5.32 Å². The Morgan fingerprint density at radius 1 is 1.34 bits per heavy atom. The number of amides is 1. The summed E-state index contributed by atoms with van der Waals surface area (Å²) in [5.41, 5.74) is -0.334. The third-order valence-electron chi connectivity index (χ3n) is 7.02. The van der Waals surface area contributed by atoms with Crippen molar-refractivity contribution in [1.29, 1.82) is 0 Å². The second-order valence-electron chi connectivity index (χ2n) is 9.90. The second kappa shape index (κ2) is 9.99. The lowest BCUT2D eigenvalue weighted by atomic mass is 9.86. The van der Waals surface area contributed by atoms with E-state index in [1.165, 1.54) is 0 Å². The summed E-state index contributed by atoms with van der Waals surface area (Å²) in [7, 11) is 0. The molecular formula is C25H30F3N3O4. The summed E-state index contributed by atoms with van der Waals surface area (Å²) in [5.74, 6) is -1.25. The Labute approximate surface area is 201 Å². The summed E-state index contributed by atoms with van der Waals surface area (Å²) in [5, 5.41) is 7.04. The van der Waals surface area contributed by atoms with Crippen molar-refractivity contribution >= 4 is 18.0 Å². The van der Waals surface area contributed by atoms with Crippen molar-refractivity contribution in [3.8, 4) is 11.3 Å². The SMILES string of the molecule is C[C@@H](CCC=O)CNC(=O)c1oc2c(c1C(F)(F)F)-c1nn(CC3CCC(=O)CC3)cc1[C@H](C)C2. The van der Waals surface area contributed by atoms with Crippen LogP contribution in [0, 0.1) is 11.8 Å². The van der Waals surface area contributed by atoms with Crippen LogP contribution in [0.1, 0.15) is 85.7 Å². The molecule has 0 radical (unpaired) electrons. The van der Waals surface area contributed by atoms with Crippen LogP contribution in [0.5, 0.6) is 0 Å². The first kappa shape index (κ1) is 25.2. The van der Waals surface area contributed by atoms with Crippen LogP contribution in [-0.2, 0) is 28.7 Å². The third-order valence-corrected chi connectivity index (χ3v) is 7.02. The number of hydrogen-bond donors (Lipinski definition) is 1. The molecule has 0 spiro atoms. The summed E-state index contributed by atoms with van der Waals surface area (Å²) >= 11 is 0. The molecule has 0 saturated heterocycles. The van der Waals surface area contributed by atoms with Crippen LogP contribution in [0.3, 0.4) is 0 Å². The molecule has 190 valence electrons. The monoisotopic (exact) mass is 493 g/mol. The minimum absolute atomic E-state index is 0.0690. The average molecular weight is 494 g/mol. The van der Waals surface area contributed by atoms with Crippen molar-refractivity contribution < 1.29 is 32.0 Å². The molecule has 0 bridgehead atoms. The molecule has 2 aromatic heterocycles. The summed E-state index contributed by atoms with van der Waals surface area (Å²) < 4.78 is 50.0. The van der Waals surface area contributed by atoms with Crippen LogP contribution in [0.2, 0.25) is 0 Å². The number of ketones is 1. The molecule has 7 nitrogen and oxygen atoms in total. The van der Waals surface area contributed by atoms with Gasteiger partial charge in [0.1, 0.15) is 23.4 Å². The fraction of sp³-hybridized carbons (Fsp3) is 0.600. The molecule has 35 heavy (non-hydrogen) atoms. The maximum atomic E-state index is 14.3. The zero-order valence-electron chi connectivity index (χ0n) is 19.9. The van der Waals surface area contributed by atoms with E-state index in [0.29, 0.717) is 37.8 Å². The lowest BCUT2D eigenvalue weighted by molar-refractivity contribution is -0.137. The van der Waals surface area contributed by atoms with Gasteiger partial charge in [-0.2, -0.15) is 18.3 Å². The molecule has 2 aliphatic rings. The molecule has 4 rings (SSSR count). The van der Waals surface area contributed by atoms with Crippen LogP contribution >= 0.6 is 0 Å². The van der Waals surface area contributed by atoms with Gasteiger partial charge in [0.15, 0.2) is 0 Å². The number of rotatable bonds is 8. The number of Topliss-reactive ketones (excluding diaryl/α,β-unsaturated/α-hetero) is 1. The number of nitrogens with one attached hydrogen (secondary N) is 1. The first-order valence-corrected chi connectivity index (χ1v) is 12.1. The molecule has 1 fully saturated rings. The van der Waals surface area contributed by atoms with Gasteiger partial charge in [0.25, 0.3) is 5.91 Å². The molecule has 2 aromatic rings. The van der Waals surface area contributed by atoms with Crippen LogP contribution in [0.4, 0.5) is 13.2 Å². The first-order valence-electron chi connectivity index (χ1n) is 12.1. The first-order chi connectivity index (χ1) is 16.6. The van der Waals surface area contributed by atoms with E-state index in [-0.39, 0.29) is 53.5 Å². The average Bonchev–Trinajstić information content (AvgIpc) is 3.39. The molecule has 2 aliphatic carbocycles. The smallest absolute Gasteiger partial charge is 0.420 e. The number of halogens is 3. The summed E-state index contributed by atoms with van der Waals surface area (Å²) in [6.45, 7) is 4.38. The second-order valence-corrected chi connectivity index (χ2v) is 9.90. The number of hydrogen-bond acceptors (Lipinski definition) is 5. The van der Waals surface area contributed by atoms with Gasteiger partial charge in [-0.1, -0.05) is 13.8 Å². The number of alkyl halides is 3. The maximum Gasteiger partial charge on any atom is 0.420 e. The van der Waals surface area contributed by atoms with E-state index in [1.807, 2.05) is 13.8 Å².